The second-order valence-electron chi connectivity index (χ2n) is 5.65. The van der Waals surface area contributed by atoms with E-state index in [-0.39, 0.29) is 11.8 Å². The molecule has 0 aliphatic heterocycles. The van der Waals surface area contributed by atoms with E-state index in [9.17, 15) is 4.79 Å². The minimum atomic E-state index is -1.02. The molecular formula is C14H19NO3. The fraction of sp³-hybridized carbons (Fsp3) is 0.571. The van der Waals surface area contributed by atoms with Crippen LogP contribution in [0.2, 0.25) is 0 Å². The third-order valence-electron chi connectivity index (χ3n) is 3.52. The summed E-state index contributed by atoms with van der Waals surface area (Å²) >= 11 is 0. The van der Waals surface area contributed by atoms with Gasteiger partial charge in [-0.2, -0.15) is 0 Å². The monoisotopic (exact) mass is 249 g/mol. The summed E-state index contributed by atoms with van der Waals surface area (Å²) in [6.07, 6.45) is 4.44. The number of rotatable bonds is 3. The van der Waals surface area contributed by atoms with Crippen LogP contribution in [0.1, 0.15) is 50.0 Å². The van der Waals surface area contributed by atoms with Crippen molar-refractivity contribution in [3.63, 3.8) is 0 Å². The maximum Gasteiger partial charge on any atom is 0.354 e. The van der Waals surface area contributed by atoms with Gasteiger partial charge in [-0.05, 0) is 37.2 Å². The molecule has 98 valence electrons. The van der Waals surface area contributed by atoms with Crippen molar-refractivity contribution in [3.8, 4) is 5.88 Å². The van der Waals surface area contributed by atoms with Gasteiger partial charge in [0.05, 0.1) is 0 Å². The number of ether oxygens (including phenoxy) is 1. The molecule has 1 aromatic heterocycles. The minimum Gasteiger partial charge on any atom is -0.477 e. The average Bonchev–Trinajstić information content (AvgIpc) is 2.32. The molecule has 0 saturated heterocycles. The van der Waals surface area contributed by atoms with E-state index in [4.69, 9.17) is 9.84 Å². The summed E-state index contributed by atoms with van der Waals surface area (Å²) < 4.78 is 5.76. The predicted molar refractivity (Wildman–Crippen MR) is 67.9 cm³/mol. The fourth-order valence-electron chi connectivity index (χ4n) is 2.26. The van der Waals surface area contributed by atoms with Gasteiger partial charge >= 0.3 is 5.97 Å². The first kappa shape index (κ1) is 12.9. The SMILES string of the molecule is CC1(C)CCC(Oc2cccc(C(=O)O)n2)CC1. The van der Waals surface area contributed by atoms with Crippen molar-refractivity contribution >= 4 is 5.97 Å². The summed E-state index contributed by atoms with van der Waals surface area (Å²) in [5.41, 5.74) is 0.430. The minimum absolute atomic E-state index is 0.0311. The Hall–Kier alpha value is -1.58. The number of carboxylic acids is 1. The highest BCUT2D eigenvalue weighted by Crippen LogP contribution is 2.36. The summed E-state index contributed by atoms with van der Waals surface area (Å²) in [5.74, 6) is -0.607. The van der Waals surface area contributed by atoms with Crippen LogP contribution in [0.4, 0.5) is 0 Å². The molecule has 1 heterocycles. The molecule has 0 spiro atoms. The zero-order chi connectivity index (χ0) is 13.2. The molecule has 0 aromatic carbocycles. The zero-order valence-electron chi connectivity index (χ0n) is 10.8. The van der Waals surface area contributed by atoms with Crippen molar-refractivity contribution in [2.45, 2.75) is 45.6 Å². The molecule has 1 saturated carbocycles. The molecule has 2 rings (SSSR count). The van der Waals surface area contributed by atoms with Crippen molar-refractivity contribution in [3.05, 3.63) is 23.9 Å². The Morgan fingerprint density at radius 1 is 1.39 bits per heavy atom. The first-order chi connectivity index (χ1) is 8.46. The number of aromatic carboxylic acids is 1. The third kappa shape index (κ3) is 3.22. The maximum atomic E-state index is 10.8. The van der Waals surface area contributed by atoms with E-state index >= 15 is 0 Å². The number of nitrogens with zero attached hydrogens (tertiary/aromatic N) is 1. The second-order valence-corrected chi connectivity index (χ2v) is 5.65. The Morgan fingerprint density at radius 2 is 2.06 bits per heavy atom. The molecule has 4 heteroatoms. The van der Waals surface area contributed by atoms with Gasteiger partial charge < -0.3 is 9.84 Å². The summed E-state index contributed by atoms with van der Waals surface area (Å²) in [4.78, 5) is 14.8. The smallest absolute Gasteiger partial charge is 0.354 e. The Balaban J connectivity index is 1.98. The molecule has 18 heavy (non-hydrogen) atoms. The van der Waals surface area contributed by atoms with Crippen LogP contribution in [0.15, 0.2) is 18.2 Å². The summed E-state index contributed by atoms with van der Waals surface area (Å²) in [5, 5.41) is 8.87. The number of hydrogen-bond donors (Lipinski definition) is 1. The topological polar surface area (TPSA) is 59.4 Å². The van der Waals surface area contributed by atoms with E-state index in [1.165, 1.54) is 6.07 Å². The van der Waals surface area contributed by atoms with Gasteiger partial charge in [0.25, 0.3) is 0 Å². The van der Waals surface area contributed by atoms with E-state index in [0.29, 0.717) is 11.3 Å². The van der Waals surface area contributed by atoms with Crippen LogP contribution in [-0.2, 0) is 0 Å². The van der Waals surface area contributed by atoms with Crippen LogP contribution in [0.3, 0.4) is 0 Å². The Bertz CT molecular complexity index is 432. The van der Waals surface area contributed by atoms with Crippen LogP contribution < -0.4 is 4.74 Å². The van der Waals surface area contributed by atoms with Gasteiger partial charge in [-0.3, -0.25) is 0 Å². The standard InChI is InChI=1S/C14H19NO3/c1-14(2)8-6-10(7-9-14)18-12-5-3-4-11(15-12)13(16)17/h3-5,10H,6-9H2,1-2H3,(H,16,17). The zero-order valence-corrected chi connectivity index (χ0v) is 10.8. The van der Waals surface area contributed by atoms with Gasteiger partial charge in [-0.15, -0.1) is 0 Å². The molecule has 0 unspecified atom stereocenters. The molecule has 1 N–H and O–H groups in total. The van der Waals surface area contributed by atoms with E-state index in [1.54, 1.807) is 12.1 Å². The molecule has 0 atom stereocenters. The van der Waals surface area contributed by atoms with Gasteiger partial charge in [0.2, 0.25) is 5.88 Å². The normalized spacial score (nSPS) is 19.4. The number of carboxylic acid groups (broad SMARTS) is 1. The van der Waals surface area contributed by atoms with Gasteiger partial charge in [-0.1, -0.05) is 19.9 Å². The van der Waals surface area contributed by atoms with Gasteiger partial charge in [-0.25, -0.2) is 9.78 Å². The van der Waals surface area contributed by atoms with Crippen molar-refractivity contribution in [1.29, 1.82) is 0 Å². The molecule has 0 bridgehead atoms. The number of hydrogen-bond acceptors (Lipinski definition) is 3. The lowest BCUT2D eigenvalue weighted by molar-refractivity contribution is 0.0684. The summed E-state index contributed by atoms with van der Waals surface area (Å²) in [6.45, 7) is 4.54. The van der Waals surface area contributed by atoms with E-state index in [1.807, 2.05) is 0 Å². The maximum absolute atomic E-state index is 10.8. The Kier molecular flexibility index (Phi) is 3.55. The molecule has 0 amide bonds. The average molecular weight is 249 g/mol. The molecule has 4 nitrogen and oxygen atoms in total. The summed E-state index contributed by atoms with van der Waals surface area (Å²) in [7, 11) is 0. The first-order valence-corrected chi connectivity index (χ1v) is 6.33. The lowest BCUT2D eigenvalue weighted by Gasteiger charge is -2.34. The van der Waals surface area contributed by atoms with Crippen LogP contribution in [0.25, 0.3) is 0 Å². The van der Waals surface area contributed by atoms with Crippen LogP contribution >= 0.6 is 0 Å². The van der Waals surface area contributed by atoms with E-state index in [0.717, 1.165) is 25.7 Å². The molecular weight excluding hydrogens is 230 g/mol. The van der Waals surface area contributed by atoms with Crippen molar-refractivity contribution in [2.24, 2.45) is 5.41 Å². The second kappa shape index (κ2) is 4.96. The third-order valence-corrected chi connectivity index (χ3v) is 3.52. The molecule has 1 aliphatic rings. The molecule has 1 fully saturated rings. The highest BCUT2D eigenvalue weighted by molar-refractivity contribution is 5.85. The molecule has 1 aromatic rings. The van der Waals surface area contributed by atoms with Crippen LogP contribution in [-0.4, -0.2) is 22.2 Å². The highest BCUT2D eigenvalue weighted by atomic mass is 16.5. The Morgan fingerprint density at radius 3 is 2.67 bits per heavy atom. The summed E-state index contributed by atoms with van der Waals surface area (Å²) in [6, 6.07) is 4.85. The molecule has 1 aliphatic carbocycles. The van der Waals surface area contributed by atoms with E-state index < -0.39 is 5.97 Å². The van der Waals surface area contributed by atoms with Crippen molar-refractivity contribution < 1.29 is 14.6 Å². The quantitative estimate of drug-likeness (QED) is 0.894. The Labute approximate surface area is 107 Å². The highest BCUT2D eigenvalue weighted by Gasteiger charge is 2.28. The number of aromatic nitrogens is 1. The fourth-order valence-corrected chi connectivity index (χ4v) is 2.26. The number of carbonyl (C=O) groups is 1. The largest absolute Gasteiger partial charge is 0.477 e. The van der Waals surface area contributed by atoms with Gasteiger partial charge in [0, 0.05) is 6.07 Å². The van der Waals surface area contributed by atoms with Crippen molar-refractivity contribution in [2.75, 3.05) is 0 Å². The first-order valence-electron chi connectivity index (χ1n) is 6.33. The van der Waals surface area contributed by atoms with E-state index in [2.05, 4.69) is 18.8 Å². The lowest BCUT2D eigenvalue weighted by atomic mass is 9.76. The van der Waals surface area contributed by atoms with Gasteiger partial charge in [0.15, 0.2) is 5.69 Å². The lowest BCUT2D eigenvalue weighted by Crippen LogP contribution is -2.28. The van der Waals surface area contributed by atoms with Crippen LogP contribution in [0.5, 0.6) is 5.88 Å². The van der Waals surface area contributed by atoms with Crippen LogP contribution in [0, 0.1) is 5.41 Å². The van der Waals surface area contributed by atoms with Gasteiger partial charge in [0.1, 0.15) is 6.10 Å². The molecule has 0 radical (unpaired) electrons. The number of pyridine rings is 1. The predicted octanol–water partition coefficient (Wildman–Crippen LogP) is 3.13. The van der Waals surface area contributed by atoms with Crippen molar-refractivity contribution in [1.82, 2.24) is 4.98 Å².